The summed E-state index contributed by atoms with van der Waals surface area (Å²) in [5, 5.41) is 0. The van der Waals surface area contributed by atoms with Crippen molar-refractivity contribution >= 4 is 5.97 Å². The van der Waals surface area contributed by atoms with Crippen molar-refractivity contribution in [3.8, 4) is 0 Å². The number of ether oxygens (including phenoxy) is 1. The van der Waals surface area contributed by atoms with E-state index in [4.69, 9.17) is 4.74 Å². The SMILES string of the molecule is CC(C)(C)COC(=O)C1(c2ccncc2)CC1. The topological polar surface area (TPSA) is 39.2 Å². The standard InChI is InChI=1S/C14H19NO2/c1-13(2,3)10-17-12(16)14(6-7-14)11-4-8-15-9-5-11/h4-5,8-9H,6-7,10H2,1-3H3. The van der Waals surface area contributed by atoms with Crippen molar-refractivity contribution < 1.29 is 9.53 Å². The lowest BCUT2D eigenvalue weighted by atomic mass is 9.96. The van der Waals surface area contributed by atoms with E-state index in [0.29, 0.717) is 6.61 Å². The third-order valence-corrected chi connectivity index (χ3v) is 3.01. The average Bonchev–Trinajstić information content (AvgIpc) is 3.07. The molecule has 0 saturated heterocycles. The highest BCUT2D eigenvalue weighted by atomic mass is 16.5. The van der Waals surface area contributed by atoms with Crippen LogP contribution in [0.15, 0.2) is 24.5 Å². The largest absolute Gasteiger partial charge is 0.464 e. The Labute approximate surface area is 102 Å². The molecule has 0 spiro atoms. The highest BCUT2D eigenvalue weighted by Gasteiger charge is 2.52. The van der Waals surface area contributed by atoms with Crippen LogP contribution in [0.2, 0.25) is 0 Å². The average molecular weight is 233 g/mol. The normalized spacial score (nSPS) is 17.6. The maximum absolute atomic E-state index is 12.1. The molecule has 1 saturated carbocycles. The lowest BCUT2D eigenvalue weighted by Gasteiger charge is -2.21. The summed E-state index contributed by atoms with van der Waals surface area (Å²) in [5.74, 6) is -0.0846. The second kappa shape index (κ2) is 4.13. The second-order valence-corrected chi connectivity index (χ2v) is 5.95. The molecule has 0 N–H and O–H groups in total. The Morgan fingerprint density at radius 3 is 2.41 bits per heavy atom. The van der Waals surface area contributed by atoms with Crippen LogP contribution in [0.25, 0.3) is 0 Å². The number of rotatable bonds is 3. The van der Waals surface area contributed by atoms with Crippen LogP contribution in [-0.2, 0) is 14.9 Å². The smallest absolute Gasteiger partial charge is 0.316 e. The van der Waals surface area contributed by atoms with Crippen LogP contribution in [0.1, 0.15) is 39.2 Å². The molecule has 1 aliphatic carbocycles. The number of pyridine rings is 1. The van der Waals surface area contributed by atoms with Gasteiger partial charge in [-0.2, -0.15) is 0 Å². The maximum atomic E-state index is 12.1. The summed E-state index contributed by atoms with van der Waals surface area (Å²) in [6.45, 7) is 6.66. The number of esters is 1. The molecule has 0 bridgehead atoms. The first-order valence-corrected chi connectivity index (χ1v) is 6.02. The minimum Gasteiger partial charge on any atom is -0.464 e. The zero-order valence-electron chi connectivity index (χ0n) is 10.7. The molecule has 0 aromatic carbocycles. The highest BCUT2D eigenvalue weighted by molar-refractivity contribution is 5.86. The fourth-order valence-electron chi connectivity index (χ4n) is 1.83. The van der Waals surface area contributed by atoms with Crippen LogP contribution in [-0.4, -0.2) is 17.6 Å². The number of aromatic nitrogens is 1. The van der Waals surface area contributed by atoms with Crippen molar-refractivity contribution in [3.63, 3.8) is 0 Å². The zero-order chi connectivity index (χ0) is 12.5. The highest BCUT2D eigenvalue weighted by Crippen LogP contribution is 2.49. The van der Waals surface area contributed by atoms with Crippen LogP contribution in [0.4, 0.5) is 0 Å². The number of hydrogen-bond donors (Lipinski definition) is 0. The molecule has 0 aliphatic heterocycles. The number of hydrogen-bond acceptors (Lipinski definition) is 3. The molecule has 1 aromatic rings. The van der Waals surface area contributed by atoms with Crippen molar-refractivity contribution in [1.82, 2.24) is 4.98 Å². The summed E-state index contributed by atoms with van der Waals surface area (Å²) in [7, 11) is 0. The van der Waals surface area contributed by atoms with E-state index in [1.165, 1.54) is 0 Å². The van der Waals surface area contributed by atoms with E-state index in [1.807, 2.05) is 12.1 Å². The van der Waals surface area contributed by atoms with E-state index >= 15 is 0 Å². The van der Waals surface area contributed by atoms with Gasteiger partial charge in [0, 0.05) is 12.4 Å². The molecule has 1 heterocycles. The Morgan fingerprint density at radius 2 is 1.94 bits per heavy atom. The summed E-state index contributed by atoms with van der Waals surface area (Å²) in [6.07, 6.45) is 5.23. The molecular formula is C14H19NO2. The third-order valence-electron chi connectivity index (χ3n) is 3.01. The zero-order valence-corrected chi connectivity index (χ0v) is 10.7. The van der Waals surface area contributed by atoms with Gasteiger partial charge in [0.15, 0.2) is 0 Å². The van der Waals surface area contributed by atoms with Gasteiger partial charge in [-0.25, -0.2) is 0 Å². The molecule has 3 heteroatoms. The molecule has 1 fully saturated rings. The van der Waals surface area contributed by atoms with E-state index in [-0.39, 0.29) is 16.8 Å². The van der Waals surface area contributed by atoms with Crippen molar-refractivity contribution in [2.45, 2.75) is 39.0 Å². The van der Waals surface area contributed by atoms with Crippen molar-refractivity contribution in [1.29, 1.82) is 0 Å². The maximum Gasteiger partial charge on any atom is 0.316 e. The fraction of sp³-hybridized carbons (Fsp3) is 0.571. The van der Waals surface area contributed by atoms with Gasteiger partial charge in [-0.1, -0.05) is 20.8 Å². The van der Waals surface area contributed by atoms with Crippen molar-refractivity contribution in [2.75, 3.05) is 6.61 Å². The number of nitrogens with zero attached hydrogens (tertiary/aromatic N) is 1. The number of carbonyl (C=O) groups excluding carboxylic acids is 1. The van der Waals surface area contributed by atoms with Crippen LogP contribution < -0.4 is 0 Å². The third kappa shape index (κ3) is 2.65. The molecule has 0 unspecified atom stereocenters. The summed E-state index contributed by atoms with van der Waals surface area (Å²) in [4.78, 5) is 16.1. The van der Waals surface area contributed by atoms with Gasteiger partial charge in [0.25, 0.3) is 0 Å². The molecule has 1 aromatic heterocycles. The Bertz CT molecular complexity index is 402. The predicted octanol–water partition coefficient (Wildman–Crippen LogP) is 2.70. The van der Waals surface area contributed by atoms with Crippen LogP contribution in [0.5, 0.6) is 0 Å². The lowest BCUT2D eigenvalue weighted by molar-refractivity contribution is -0.149. The Kier molecular flexibility index (Phi) is 2.94. The van der Waals surface area contributed by atoms with Gasteiger partial charge in [-0.3, -0.25) is 9.78 Å². The monoisotopic (exact) mass is 233 g/mol. The Balaban J connectivity index is 2.05. The summed E-state index contributed by atoms with van der Waals surface area (Å²) in [6, 6.07) is 3.82. The van der Waals surface area contributed by atoms with Crippen LogP contribution >= 0.6 is 0 Å². The second-order valence-electron chi connectivity index (χ2n) is 5.95. The van der Waals surface area contributed by atoms with E-state index < -0.39 is 0 Å². The Morgan fingerprint density at radius 1 is 1.35 bits per heavy atom. The van der Waals surface area contributed by atoms with Gasteiger partial charge in [0.05, 0.1) is 12.0 Å². The molecular weight excluding hydrogens is 214 g/mol. The van der Waals surface area contributed by atoms with E-state index in [2.05, 4.69) is 25.8 Å². The first-order chi connectivity index (χ1) is 7.94. The van der Waals surface area contributed by atoms with Gasteiger partial charge in [-0.15, -0.1) is 0 Å². The van der Waals surface area contributed by atoms with Gasteiger partial charge in [0.2, 0.25) is 0 Å². The summed E-state index contributed by atoms with van der Waals surface area (Å²) in [5.41, 5.74) is 0.671. The van der Waals surface area contributed by atoms with Gasteiger partial charge in [0.1, 0.15) is 0 Å². The molecule has 0 radical (unpaired) electrons. The molecule has 1 aliphatic rings. The minimum atomic E-state index is -0.381. The summed E-state index contributed by atoms with van der Waals surface area (Å²) >= 11 is 0. The Hall–Kier alpha value is -1.38. The number of carbonyl (C=O) groups is 1. The fourth-order valence-corrected chi connectivity index (χ4v) is 1.83. The van der Waals surface area contributed by atoms with Crippen molar-refractivity contribution in [2.24, 2.45) is 5.41 Å². The molecule has 2 rings (SSSR count). The predicted molar refractivity (Wildman–Crippen MR) is 65.6 cm³/mol. The van der Waals surface area contributed by atoms with Crippen molar-refractivity contribution in [3.05, 3.63) is 30.1 Å². The van der Waals surface area contributed by atoms with Crippen LogP contribution in [0.3, 0.4) is 0 Å². The van der Waals surface area contributed by atoms with Gasteiger partial charge < -0.3 is 4.74 Å². The molecule has 17 heavy (non-hydrogen) atoms. The molecule has 92 valence electrons. The van der Waals surface area contributed by atoms with E-state index in [1.54, 1.807) is 12.4 Å². The van der Waals surface area contributed by atoms with E-state index in [0.717, 1.165) is 18.4 Å². The first kappa shape index (κ1) is 12.1. The van der Waals surface area contributed by atoms with Gasteiger partial charge >= 0.3 is 5.97 Å². The quantitative estimate of drug-likeness (QED) is 0.753. The summed E-state index contributed by atoms with van der Waals surface area (Å²) < 4.78 is 5.43. The molecule has 3 nitrogen and oxygen atoms in total. The lowest BCUT2D eigenvalue weighted by Crippen LogP contribution is -2.27. The first-order valence-electron chi connectivity index (χ1n) is 6.02. The van der Waals surface area contributed by atoms with Crippen LogP contribution in [0, 0.1) is 5.41 Å². The molecule has 0 amide bonds. The minimum absolute atomic E-state index is 0.0178. The van der Waals surface area contributed by atoms with E-state index in [9.17, 15) is 4.79 Å². The van der Waals surface area contributed by atoms with Gasteiger partial charge in [-0.05, 0) is 36.0 Å². The molecule has 0 atom stereocenters.